The molecule has 0 amide bonds. The van der Waals surface area contributed by atoms with Crippen LogP contribution in [0.15, 0.2) is 17.1 Å². The maximum absolute atomic E-state index is 10.8. The van der Waals surface area contributed by atoms with Crippen molar-refractivity contribution in [3.05, 3.63) is 28.2 Å². The van der Waals surface area contributed by atoms with Crippen molar-refractivity contribution in [1.82, 2.24) is 4.57 Å². The van der Waals surface area contributed by atoms with E-state index >= 15 is 0 Å². The average molecular weight is 169 g/mol. The van der Waals surface area contributed by atoms with Crippen molar-refractivity contribution < 1.29 is 15.0 Å². The van der Waals surface area contributed by atoms with Gasteiger partial charge in [0.1, 0.15) is 0 Å². The molecule has 12 heavy (non-hydrogen) atoms. The number of pyridine rings is 1. The Bertz CT molecular complexity index is 379. The Labute approximate surface area is 67.5 Å². The maximum atomic E-state index is 10.8. The predicted molar refractivity (Wildman–Crippen MR) is 40.5 cm³/mol. The fourth-order valence-corrected chi connectivity index (χ4v) is 0.833. The van der Waals surface area contributed by atoms with Gasteiger partial charge in [0.05, 0.1) is 5.69 Å². The van der Waals surface area contributed by atoms with Gasteiger partial charge in [0.2, 0.25) is 5.43 Å². The molecule has 0 aliphatic rings. The lowest BCUT2D eigenvalue weighted by Crippen LogP contribution is -2.15. The van der Waals surface area contributed by atoms with E-state index in [0.717, 1.165) is 16.8 Å². The Balaban J connectivity index is 3.47. The van der Waals surface area contributed by atoms with Crippen molar-refractivity contribution in [2.24, 2.45) is 0 Å². The van der Waals surface area contributed by atoms with E-state index < -0.39 is 17.3 Å². The van der Waals surface area contributed by atoms with Gasteiger partial charge in [0, 0.05) is 12.3 Å². The van der Waals surface area contributed by atoms with Crippen molar-refractivity contribution in [2.75, 3.05) is 0 Å². The highest BCUT2D eigenvalue weighted by Crippen LogP contribution is 2.07. The molecule has 0 fully saturated rings. The first kappa shape index (κ1) is 8.32. The Morgan fingerprint density at radius 3 is 2.67 bits per heavy atom. The van der Waals surface area contributed by atoms with Crippen LogP contribution in [0.2, 0.25) is 0 Å². The van der Waals surface area contributed by atoms with Crippen LogP contribution < -0.4 is 5.43 Å². The van der Waals surface area contributed by atoms with Crippen molar-refractivity contribution >= 4 is 6.09 Å². The van der Waals surface area contributed by atoms with Gasteiger partial charge < -0.3 is 10.2 Å². The number of carboxylic acid groups (broad SMARTS) is 1. The molecule has 64 valence electrons. The fourth-order valence-electron chi connectivity index (χ4n) is 0.833. The molecule has 1 aromatic heterocycles. The van der Waals surface area contributed by atoms with Crippen LogP contribution in [0.3, 0.4) is 0 Å². The molecule has 0 radical (unpaired) electrons. The molecule has 0 aliphatic carbocycles. The summed E-state index contributed by atoms with van der Waals surface area (Å²) in [5.74, 6) is -0.528. The van der Waals surface area contributed by atoms with Gasteiger partial charge in [0.15, 0.2) is 5.75 Å². The highest BCUT2D eigenvalue weighted by molar-refractivity contribution is 5.69. The standard InChI is InChI=1S/C7H7NO4/c1-4-6(10)5(9)2-3-8(4)7(11)12/h2-3,10H,1H3,(H,11,12). The Hall–Kier alpha value is -1.78. The molecule has 1 rings (SSSR count). The number of hydrogen-bond acceptors (Lipinski definition) is 3. The third-order valence-electron chi connectivity index (χ3n) is 1.52. The Kier molecular flexibility index (Phi) is 1.86. The van der Waals surface area contributed by atoms with Crippen LogP contribution in [0, 0.1) is 6.92 Å². The van der Waals surface area contributed by atoms with Crippen LogP contribution in [0.5, 0.6) is 5.75 Å². The second-order valence-electron chi connectivity index (χ2n) is 2.27. The second-order valence-corrected chi connectivity index (χ2v) is 2.27. The molecule has 0 bridgehead atoms. The summed E-state index contributed by atoms with van der Waals surface area (Å²) in [5, 5.41) is 17.6. The monoisotopic (exact) mass is 169 g/mol. The summed E-state index contributed by atoms with van der Waals surface area (Å²) >= 11 is 0. The van der Waals surface area contributed by atoms with Gasteiger partial charge in [-0.25, -0.2) is 4.79 Å². The molecular weight excluding hydrogens is 162 g/mol. The second kappa shape index (κ2) is 2.69. The van der Waals surface area contributed by atoms with Gasteiger partial charge in [-0.15, -0.1) is 0 Å². The van der Waals surface area contributed by atoms with Crippen LogP contribution >= 0.6 is 0 Å². The molecule has 0 spiro atoms. The zero-order chi connectivity index (χ0) is 9.30. The largest absolute Gasteiger partial charge is 0.503 e. The number of nitrogens with zero attached hydrogens (tertiary/aromatic N) is 1. The van der Waals surface area contributed by atoms with Gasteiger partial charge in [-0.3, -0.25) is 9.36 Å². The molecule has 2 N–H and O–H groups in total. The van der Waals surface area contributed by atoms with E-state index in [1.165, 1.54) is 6.92 Å². The number of carbonyl (C=O) groups is 1. The highest BCUT2D eigenvalue weighted by Gasteiger charge is 2.08. The number of aromatic nitrogens is 1. The van der Waals surface area contributed by atoms with E-state index in [4.69, 9.17) is 10.2 Å². The van der Waals surface area contributed by atoms with E-state index in [2.05, 4.69) is 0 Å². The minimum atomic E-state index is -1.23. The van der Waals surface area contributed by atoms with Crippen LogP contribution in [-0.2, 0) is 0 Å². The van der Waals surface area contributed by atoms with E-state index in [0.29, 0.717) is 0 Å². The van der Waals surface area contributed by atoms with Crippen molar-refractivity contribution in [2.45, 2.75) is 6.92 Å². The van der Waals surface area contributed by atoms with Gasteiger partial charge in [-0.1, -0.05) is 0 Å². The smallest absolute Gasteiger partial charge is 0.415 e. The molecule has 1 aromatic rings. The Morgan fingerprint density at radius 2 is 2.17 bits per heavy atom. The topological polar surface area (TPSA) is 79.5 Å². The van der Waals surface area contributed by atoms with Crippen LogP contribution in [0.25, 0.3) is 0 Å². The van der Waals surface area contributed by atoms with Gasteiger partial charge in [0.25, 0.3) is 0 Å². The van der Waals surface area contributed by atoms with Gasteiger partial charge in [-0.05, 0) is 6.92 Å². The summed E-state index contributed by atoms with van der Waals surface area (Å²) in [7, 11) is 0. The minimum absolute atomic E-state index is 0.0231. The van der Waals surface area contributed by atoms with Crippen molar-refractivity contribution in [3.8, 4) is 5.75 Å². The van der Waals surface area contributed by atoms with E-state index in [9.17, 15) is 9.59 Å². The normalized spacial score (nSPS) is 9.75. The first-order valence-corrected chi connectivity index (χ1v) is 3.18. The summed E-state index contributed by atoms with van der Waals surface area (Å²) in [6, 6.07) is 0.996. The fraction of sp³-hybridized carbons (Fsp3) is 0.143. The summed E-state index contributed by atoms with van der Waals surface area (Å²) in [4.78, 5) is 21.2. The first-order valence-electron chi connectivity index (χ1n) is 3.18. The van der Waals surface area contributed by atoms with E-state index in [1.807, 2.05) is 0 Å². The predicted octanol–water partition coefficient (Wildman–Crippen LogP) is 0.388. The van der Waals surface area contributed by atoms with E-state index in [-0.39, 0.29) is 5.69 Å². The Morgan fingerprint density at radius 1 is 1.58 bits per heavy atom. The molecule has 1 heterocycles. The first-order chi connectivity index (χ1) is 5.54. The maximum Gasteiger partial charge on any atom is 0.415 e. The molecule has 0 atom stereocenters. The van der Waals surface area contributed by atoms with Crippen LogP contribution in [-0.4, -0.2) is 20.9 Å². The lowest BCUT2D eigenvalue weighted by atomic mass is 10.3. The summed E-state index contributed by atoms with van der Waals surface area (Å²) in [6.45, 7) is 1.35. The van der Waals surface area contributed by atoms with Crippen molar-refractivity contribution in [3.63, 3.8) is 0 Å². The number of aromatic hydroxyl groups is 1. The molecule has 0 aromatic carbocycles. The highest BCUT2D eigenvalue weighted by atomic mass is 16.4. The third kappa shape index (κ3) is 1.16. The average Bonchev–Trinajstić information content (AvgIpc) is 2.00. The molecule has 0 saturated heterocycles. The molecule has 5 heteroatoms. The van der Waals surface area contributed by atoms with Crippen LogP contribution in [0.4, 0.5) is 4.79 Å². The summed E-state index contributed by atoms with van der Waals surface area (Å²) < 4.78 is 0.775. The summed E-state index contributed by atoms with van der Waals surface area (Å²) in [5.41, 5.74) is -0.556. The van der Waals surface area contributed by atoms with Crippen LogP contribution in [0.1, 0.15) is 5.69 Å². The number of rotatable bonds is 0. The zero-order valence-corrected chi connectivity index (χ0v) is 6.31. The zero-order valence-electron chi connectivity index (χ0n) is 6.31. The molecule has 5 nitrogen and oxygen atoms in total. The van der Waals surface area contributed by atoms with Crippen molar-refractivity contribution in [1.29, 1.82) is 0 Å². The molecule has 0 unspecified atom stereocenters. The van der Waals surface area contributed by atoms with Gasteiger partial charge in [-0.2, -0.15) is 0 Å². The lowest BCUT2D eigenvalue weighted by molar-refractivity contribution is 0.195. The minimum Gasteiger partial charge on any atom is -0.503 e. The quantitative estimate of drug-likeness (QED) is 0.588. The number of hydrogen-bond donors (Lipinski definition) is 2. The lowest BCUT2D eigenvalue weighted by Gasteiger charge is -2.04. The van der Waals surface area contributed by atoms with Gasteiger partial charge >= 0.3 is 6.09 Å². The SMILES string of the molecule is Cc1c(O)c(=O)ccn1C(=O)O. The molecule has 0 saturated carbocycles. The third-order valence-corrected chi connectivity index (χ3v) is 1.52. The summed E-state index contributed by atoms with van der Waals surface area (Å²) in [6.07, 6.45) is -0.137. The molecule has 0 aliphatic heterocycles. The molecular formula is C7H7NO4. The van der Waals surface area contributed by atoms with E-state index in [1.54, 1.807) is 0 Å².